The number of para-hydroxylation sites is 2. The summed E-state index contributed by atoms with van der Waals surface area (Å²) in [7, 11) is 0. The lowest BCUT2D eigenvalue weighted by atomic mass is 10.2. The first kappa shape index (κ1) is 22.5. The third kappa shape index (κ3) is 7.63. The van der Waals surface area contributed by atoms with Gasteiger partial charge in [-0.3, -0.25) is 0 Å². The van der Waals surface area contributed by atoms with Crippen molar-refractivity contribution < 1.29 is 23.6 Å². The number of rotatable bonds is 6. The first-order valence-corrected chi connectivity index (χ1v) is 9.86. The Kier molecular flexibility index (Phi) is 7.11. The first-order valence-electron chi connectivity index (χ1n) is 9.86. The molecule has 0 bridgehead atoms. The Labute approximate surface area is 172 Å². The van der Waals surface area contributed by atoms with Crippen LogP contribution in [0, 0.1) is 0 Å². The number of amides is 2. The van der Waals surface area contributed by atoms with Gasteiger partial charge in [0, 0.05) is 0 Å². The molecular weight excluding hydrogens is 372 g/mol. The van der Waals surface area contributed by atoms with Gasteiger partial charge in [-0.15, -0.1) is 0 Å². The summed E-state index contributed by atoms with van der Waals surface area (Å²) in [5.41, 5.74) is 1.06. The van der Waals surface area contributed by atoms with Crippen LogP contribution < -0.4 is 15.2 Å². The van der Waals surface area contributed by atoms with E-state index < -0.39 is 23.4 Å². The molecule has 0 atom stereocenters. The second-order valence-corrected chi connectivity index (χ2v) is 8.85. The van der Waals surface area contributed by atoms with Crippen LogP contribution in [0.5, 0.6) is 0 Å². The number of aromatic nitrogens is 2. The van der Waals surface area contributed by atoms with E-state index in [0.717, 1.165) is 11.0 Å². The summed E-state index contributed by atoms with van der Waals surface area (Å²) >= 11 is 0. The highest BCUT2D eigenvalue weighted by Gasteiger charge is 2.19. The minimum Gasteiger partial charge on any atom is -0.444 e. The van der Waals surface area contributed by atoms with Gasteiger partial charge in [0.2, 0.25) is 6.33 Å². The summed E-state index contributed by atoms with van der Waals surface area (Å²) in [6, 6.07) is 8.01. The van der Waals surface area contributed by atoms with Crippen LogP contribution in [0.2, 0.25) is 0 Å². The molecule has 0 unspecified atom stereocenters. The largest absolute Gasteiger partial charge is 0.444 e. The Morgan fingerprint density at radius 3 is 2.07 bits per heavy atom. The minimum atomic E-state index is -0.519. The molecule has 29 heavy (non-hydrogen) atoms. The summed E-state index contributed by atoms with van der Waals surface area (Å²) in [5, 5.41) is 5.55. The first-order chi connectivity index (χ1) is 13.4. The lowest BCUT2D eigenvalue weighted by Crippen LogP contribution is -2.41. The predicted octanol–water partition coefficient (Wildman–Crippen LogP) is 2.98. The number of ether oxygens (including phenoxy) is 2. The molecule has 2 N–H and O–H groups in total. The summed E-state index contributed by atoms with van der Waals surface area (Å²) < 4.78 is 14.7. The molecule has 2 aromatic rings. The van der Waals surface area contributed by atoms with Crippen LogP contribution in [0.3, 0.4) is 0 Å². The molecule has 1 aromatic carbocycles. The average molecular weight is 406 g/mol. The Morgan fingerprint density at radius 2 is 1.48 bits per heavy atom. The van der Waals surface area contributed by atoms with Gasteiger partial charge in [0.05, 0.1) is 13.1 Å². The quantitative estimate of drug-likeness (QED) is 0.724. The molecule has 2 rings (SSSR count). The van der Waals surface area contributed by atoms with Gasteiger partial charge in [-0.1, -0.05) is 12.1 Å². The molecule has 0 fully saturated rings. The predicted molar refractivity (Wildman–Crippen MR) is 111 cm³/mol. The maximum absolute atomic E-state index is 11.8. The summed E-state index contributed by atoms with van der Waals surface area (Å²) in [5.74, 6) is 0. The number of carbonyl (C=O) groups excluding carboxylic acids is 2. The van der Waals surface area contributed by atoms with Crippen LogP contribution in [-0.2, 0) is 22.6 Å². The van der Waals surface area contributed by atoms with E-state index in [1.165, 1.54) is 0 Å². The third-order valence-corrected chi connectivity index (χ3v) is 3.82. The van der Waals surface area contributed by atoms with E-state index in [1.54, 1.807) is 0 Å². The molecule has 1 heterocycles. The molecule has 0 saturated heterocycles. The fourth-order valence-corrected chi connectivity index (χ4v) is 2.78. The van der Waals surface area contributed by atoms with Crippen LogP contribution in [0.1, 0.15) is 41.5 Å². The molecule has 0 aliphatic heterocycles. The summed E-state index contributed by atoms with van der Waals surface area (Å²) in [6.45, 7) is 13.1. The van der Waals surface area contributed by atoms with Crippen molar-refractivity contribution in [3.05, 3.63) is 30.6 Å². The van der Waals surface area contributed by atoms with Crippen molar-refractivity contribution in [2.75, 3.05) is 13.1 Å². The molecule has 0 aliphatic rings. The highest BCUT2D eigenvalue weighted by Crippen LogP contribution is 2.11. The highest BCUT2D eigenvalue weighted by atomic mass is 16.6. The maximum Gasteiger partial charge on any atom is 0.407 e. The Hall–Kier alpha value is -2.77. The zero-order chi connectivity index (χ0) is 21.7. The minimum absolute atomic E-state index is 0.427. The molecule has 0 aliphatic carbocycles. The zero-order valence-electron chi connectivity index (χ0n) is 18.2. The van der Waals surface area contributed by atoms with Crippen molar-refractivity contribution in [1.82, 2.24) is 15.2 Å². The van der Waals surface area contributed by atoms with Crippen LogP contribution in [0.15, 0.2) is 30.6 Å². The van der Waals surface area contributed by atoms with Crippen LogP contribution >= 0.6 is 0 Å². The molecule has 8 heteroatoms. The van der Waals surface area contributed by atoms with Crippen molar-refractivity contribution in [2.45, 2.75) is 65.8 Å². The van der Waals surface area contributed by atoms with Crippen molar-refractivity contribution >= 4 is 23.2 Å². The average Bonchev–Trinajstić information content (AvgIpc) is 2.90. The van der Waals surface area contributed by atoms with E-state index in [0.29, 0.717) is 26.2 Å². The zero-order valence-corrected chi connectivity index (χ0v) is 18.2. The lowest BCUT2D eigenvalue weighted by Gasteiger charge is -2.19. The van der Waals surface area contributed by atoms with Gasteiger partial charge in [-0.05, 0) is 53.7 Å². The molecule has 0 spiro atoms. The second-order valence-electron chi connectivity index (χ2n) is 8.85. The van der Waals surface area contributed by atoms with Gasteiger partial charge >= 0.3 is 12.2 Å². The van der Waals surface area contributed by atoms with E-state index in [2.05, 4.69) is 19.8 Å². The number of hydrogen-bond acceptors (Lipinski definition) is 4. The van der Waals surface area contributed by atoms with Gasteiger partial charge < -0.3 is 20.1 Å². The summed E-state index contributed by atoms with van der Waals surface area (Å²) in [4.78, 5) is 23.6. The summed E-state index contributed by atoms with van der Waals surface area (Å²) in [6.07, 6.45) is 1.13. The van der Waals surface area contributed by atoms with Crippen molar-refractivity contribution in [2.24, 2.45) is 0 Å². The maximum atomic E-state index is 11.8. The van der Waals surface area contributed by atoms with Crippen molar-refractivity contribution in [3.8, 4) is 0 Å². The normalized spacial score (nSPS) is 11.9. The Bertz CT molecular complexity index is 778. The van der Waals surface area contributed by atoms with Crippen LogP contribution in [0.4, 0.5) is 9.59 Å². The van der Waals surface area contributed by atoms with Gasteiger partial charge in [-0.2, -0.15) is 0 Å². The topological polar surface area (TPSA) is 85.5 Å². The van der Waals surface area contributed by atoms with Crippen molar-refractivity contribution in [1.29, 1.82) is 0 Å². The Balaban J connectivity index is 1.96. The van der Waals surface area contributed by atoms with E-state index in [-0.39, 0.29) is 0 Å². The smallest absolute Gasteiger partial charge is 0.407 e. The lowest BCUT2D eigenvalue weighted by molar-refractivity contribution is -0.670. The van der Waals surface area contributed by atoms with E-state index in [1.807, 2.05) is 72.1 Å². The van der Waals surface area contributed by atoms with Crippen LogP contribution in [0.25, 0.3) is 11.0 Å². The van der Waals surface area contributed by atoms with E-state index in [4.69, 9.17) is 9.47 Å². The number of benzene rings is 1. The number of alkyl carbamates (subject to hydrolysis) is 2. The fourth-order valence-electron chi connectivity index (χ4n) is 2.78. The SMILES string of the molecule is CC(C)(C)OC(=O)NCCn1c[n+](CCNC(=O)OC(C)(C)C)c2ccccc21. The highest BCUT2D eigenvalue weighted by molar-refractivity contribution is 5.72. The number of nitrogens with zero attached hydrogens (tertiary/aromatic N) is 2. The number of imidazole rings is 1. The number of carbonyl (C=O) groups is 2. The van der Waals surface area contributed by atoms with E-state index >= 15 is 0 Å². The van der Waals surface area contributed by atoms with Crippen molar-refractivity contribution in [3.63, 3.8) is 0 Å². The second kappa shape index (κ2) is 9.15. The monoisotopic (exact) mass is 405 g/mol. The molecule has 1 aromatic heterocycles. The van der Waals surface area contributed by atoms with Gasteiger partial charge in [0.25, 0.3) is 0 Å². The molecule has 160 valence electrons. The number of fused-ring (bicyclic) bond motifs is 1. The number of nitrogens with one attached hydrogen (secondary N) is 2. The molecular formula is C21H33N4O4+. The molecule has 2 amide bonds. The van der Waals surface area contributed by atoms with Gasteiger partial charge in [0.1, 0.15) is 24.3 Å². The molecule has 8 nitrogen and oxygen atoms in total. The van der Waals surface area contributed by atoms with Gasteiger partial charge in [0.15, 0.2) is 11.0 Å². The molecule has 0 radical (unpaired) electrons. The molecule has 0 saturated carbocycles. The fraction of sp³-hybridized carbons (Fsp3) is 0.571. The Morgan fingerprint density at radius 1 is 0.931 bits per heavy atom. The van der Waals surface area contributed by atoms with Gasteiger partial charge in [-0.25, -0.2) is 18.7 Å². The standard InChI is InChI=1S/C21H32N4O4/c1-20(2,3)28-18(26)22-11-13-24-15-25(17-10-8-7-9-16(17)24)14-12-23-19(27)29-21(4,5)6/h7-10,15H,11-14H2,1-6H3,(H-,22,23,26,27)/p+1. The number of hydrogen-bond donors (Lipinski definition) is 2. The third-order valence-electron chi connectivity index (χ3n) is 3.82. The van der Waals surface area contributed by atoms with Crippen LogP contribution in [-0.4, -0.2) is 41.0 Å². The van der Waals surface area contributed by atoms with E-state index in [9.17, 15) is 9.59 Å².